The number of carbonyl (C=O) groups is 1. The van der Waals surface area contributed by atoms with Crippen molar-refractivity contribution in [3.05, 3.63) is 59.7 Å². The van der Waals surface area contributed by atoms with Gasteiger partial charge in [0.2, 0.25) is 0 Å². The van der Waals surface area contributed by atoms with Gasteiger partial charge in [0, 0.05) is 12.6 Å². The maximum Gasteiger partial charge on any atom is 0.267 e. The van der Waals surface area contributed by atoms with Gasteiger partial charge in [-0.05, 0) is 49.9 Å². The van der Waals surface area contributed by atoms with Crippen molar-refractivity contribution >= 4 is 11.6 Å². The molecular weight excluding hydrogens is 300 g/mol. The maximum absolute atomic E-state index is 12.6. The quantitative estimate of drug-likeness (QED) is 0.916. The molecule has 0 saturated carbocycles. The van der Waals surface area contributed by atoms with E-state index >= 15 is 0 Å². The van der Waals surface area contributed by atoms with Crippen LogP contribution in [0.15, 0.2) is 48.5 Å². The summed E-state index contributed by atoms with van der Waals surface area (Å²) in [5.74, 6) is 0.767. The number of ether oxygens (including phenoxy) is 1. The zero-order chi connectivity index (χ0) is 17.1. The number of rotatable bonds is 5. The Hall–Kier alpha value is -2.33. The topological polar surface area (TPSA) is 55.6 Å². The lowest BCUT2D eigenvalue weighted by molar-refractivity contribution is -0.125. The predicted molar refractivity (Wildman–Crippen MR) is 96.3 cm³/mol. The molecule has 2 N–H and O–H groups in total. The van der Waals surface area contributed by atoms with Gasteiger partial charge in [0.25, 0.3) is 5.91 Å². The minimum absolute atomic E-state index is 0.0115. The van der Waals surface area contributed by atoms with E-state index in [1.165, 1.54) is 5.56 Å². The van der Waals surface area contributed by atoms with Crippen LogP contribution >= 0.6 is 0 Å². The Kier molecular flexibility index (Phi) is 4.86. The van der Waals surface area contributed by atoms with Crippen LogP contribution in [0.2, 0.25) is 0 Å². The first-order valence-corrected chi connectivity index (χ1v) is 8.48. The molecule has 0 aromatic heterocycles. The maximum atomic E-state index is 12.6. The number of hydrogen-bond donors (Lipinski definition) is 1. The second-order valence-electron chi connectivity index (χ2n) is 6.35. The lowest BCUT2D eigenvalue weighted by atomic mass is 10.0. The molecule has 4 heteroatoms. The first-order chi connectivity index (χ1) is 11.6. The van der Waals surface area contributed by atoms with Crippen LogP contribution in [0.3, 0.4) is 0 Å². The summed E-state index contributed by atoms with van der Waals surface area (Å²) in [6.07, 6.45) is 1.40. The molecule has 4 nitrogen and oxygen atoms in total. The normalized spacial score (nSPS) is 18.0. The number of hydrogen-bond acceptors (Lipinski definition) is 3. The lowest BCUT2D eigenvalue weighted by Crippen LogP contribution is -2.45. The molecule has 1 heterocycles. The Morgan fingerprint density at radius 3 is 2.67 bits per heavy atom. The molecule has 0 aliphatic carbocycles. The van der Waals surface area contributed by atoms with E-state index in [4.69, 9.17) is 10.5 Å². The minimum atomic E-state index is -0.449. The van der Waals surface area contributed by atoms with Crippen LogP contribution in [-0.2, 0) is 11.2 Å². The summed E-state index contributed by atoms with van der Waals surface area (Å²) in [4.78, 5) is 14.4. The Labute approximate surface area is 143 Å². The molecule has 24 heavy (non-hydrogen) atoms. The van der Waals surface area contributed by atoms with E-state index in [1.807, 2.05) is 48.2 Å². The molecule has 2 aromatic rings. The molecule has 0 radical (unpaired) electrons. The number of nitrogens with zero attached hydrogens (tertiary/aromatic N) is 1. The molecule has 126 valence electrons. The van der Waals surface area contributed by atoms with Crippen molar-refractivity contribution in [3.63, 3.8) is 0 Å². The highest BCUT2D eigenvalue weighted by Crippen LogP contribution is 2.36. The van der Waals surface area contributed by atoms with Gasteiger partial charge in [0.1, 0.15) is 5.75 Å². The van der Waals surface area contributed by atoms with Crippen molar-refractivity contribution in [2.24, 2.45) is 5.73 Å². The van der Waals surface area contributed by atoms with Crippen LogP contribution < -0.4 is 15.4 Å². The van der Waals surface area contributed by atoms with Gasteiger partial charge in [-0.2, -0.15) is 0 Å². The van der Waals surface area contributed by atoms with Gasteiger partial charge in [-0.3, -0.25) is 4.79 Å². The average Bonchev–Trinajstić information content (AvgIpc) is 2.58. The molecule has 0 saturated heterocycles. The standard InChI is InChI=1S/C20H24N2O2/c1-14(21)17-10-11-19-18(13-17)22(20(23)15(2)24-19)12-6-9-16-7-4-3-5-8-16/h3-5,7-8,10-11,13-15H,6,9,12,21H2,1-2H3. The molecule has 3 rings (SSSR count). The highest BCUT2D eigenvalue weighted by molar-refractivity contribution is 5.99. The molecule has 2 atom stereocenters. The molecule has 0 spiro atoms. The van der Waals surface area contributed by atoms with E-state index < -0.39 is 6.10 Å². The van der Waals surface area contributed by atoms with E-state index in [0.717, 1.165) is 29.8 Å². The molecule has 0 bridgehead atoms. The average molecular weight is 324 g/mol. The fourth-order valence-electron chi connectivity index (χ4n) is 3.02. The number of benzene rings is 2. The van der Waals surface area contributed by atoms with E-state index in [0.29, 0.717) is 6.54 Å². The SMILES string of the molecule is CC1Oc2ccc(C(C)N)cc2N(CCCc2ccccc2)C1=O. The lowest BCUT2D eigenvalue weighted by Gasteiger charge is -2.33. The Bertz CT molecular complexity index is 713. The van der Waals surface area contributed by atoms with Crippen molar-refractivity contribution in [2.45, 2.75) is 38.8 Å². The third kappa shape index (κ3) is 3.44. The minimum Gasteiger partial charge on any atom is -0.479 e. The van der Waals surface area contributed by atoms with Crippen LogP contribution in [0.1, 0.15) is 37.4 Å². The summed E-state index contributed by atoms with van der Waals surface area (Å²) in [5, 5.41) is 0. The number of aryl methyl sites for hydroxylation is 1. The third-order valence-corrected chi connectivity index (χ3v) is 4.41. The molecule has 1 aliphatic heterocycles. The Morgan fingerprint density at radius 2 is 1.96 bits per heavy atom. The summed E-state index contributed by atoms with van der Waals surface area (Å²) in [6, 6.07) is 16.1. The highest BCUT2D eigenvalue weighted by atomic mass is 16.5. The molecule has 1 aliphatic rings. The largest absolute Gasteiger partial charge is 0.479 e. The fraction of sp³-hybridized carbons (Fsp3) is 0.350. The molecule has 2 unspecified atom stereocenters. The van der Waals surface area contributed by atoms with Gasteiger partial charge in [-0.25, -0.2) is 0 Å². The monoisotopic (exact) mass is 324 g/mol. The molecular formula is C20H24N2O2. The zero-order valence-corrected chi connectivity index (χ0v) is 14.2. The van der Waals surface area contributed by atoms with Crippen LogP contribution in [0.4, 0.5) is 5.69 Å². The number of amides is 1. The second-order valence-corrected chi connectivity index (χ2v) is 6.35. The van der Waals surface area contributed by atoms with Gasteiger partial charge in [-0.15, -0.1) is 0 Å². The number of anilines is 1. The van der Waals surface area contributed by atoms with Crippen molar-refractivity contribution in [3.8, 4) is 5.75 Å². The predicted octanol–water partition coefficient (Wildman–Crippen LogP) is 3.45. The smallest absolute Gasteiger partial charge is 0.267 e. The van der Waals surface area contributed by atoms with E-state index in [-0.39, 0.29) is 11.9 Å². The summed E-state index contributed by atoms with van der Waals surface area (Å²) in [5.41, 5.74) is 9.12. The molecule has 0 fully saturated rings. The van der Waals surface area contributed by atoms with Gasteiger partial charge in [0.15, 0.2) is 6.10 Å². The van der Waals surface area contributed by atoms with Gasteiger partial charge in [-0.1, -0.05) is 36.4 Å². The Morgan fingerprint density at radius 1 is 1.21 bits per heavy atom. The van der Waals surface area contributed by atoms with Crippen molar-refractivity contribution in [2.75, 3.05) is 11.4 Å². The highest BCUT2D eigenvalue weighted by Gasteiger charge is 2.31. The summed E-state index contributed by atoms with van der Waals surface area (Å²) in [7, 11) is 0. The van der Waals surface area contributed by atoms with E-state index in [9.17, 15) is 4.79 Å². The second kappa shape index (κ2) is 7.05. The van der Waals surface area contributed by atoms with Gasteiger partial charge < -0.3 is 15.4 Å². The van der Waals surface area contributed by atoms with E-state index in [2.05, 4.69) is 12.1 Å². The third-order valence-electron chi connectivity index (χ3n) is 4.41. The first-order valence-electron chi connectivity index (χ1n) is 8.48. The van der Waals surface area contributed by atoms with Crippen molar-refractivity contribution in [1.82, 2.24) is 0 Å². The summed E-state index contributed by atoms with van der Waals surface area (Å²) < 4.78 is 5.74. The van der Waals surface area contributed by atoms with Crippen LogP contribution in [0, 0.1) is 0 Å². The zero-order valence-electron chi connectivity index (χ0n) is 14.2. The van der Waals surface area contributed by atoms with E-state index in [1.54, 1.807) is 6.92 Å². The van der Waals surface area contributed by atoms with Crippen molar-refractivity contribution < 1.29 is 9.53 Å². The van der Waals surface area contributed by atoms with Crippen molar-refractivity contribution in [1.29, 1.82) is 0 Å². The fourth-order valence-corrected chi connectivity index (χ4v) is 3.02. The van der Waals surface area contributed by atoms with Gasteiger partial charge >= 0.3 is 0 Å². The number of fused-ring (bicyclic) bond motifs is 1. The van der Waals surface area contributed by atoms with Crippen LogP contribution in [-0.4, -0.2) is 18.6 Å². The number of nitrogens with two attached hydrogens (primary N) is 1. The first kappa shape index (κ1) is 16.5. The summed E-state index contributed by atoms with van der Waals surface area (Å²) >= 11 is 0. The molecule has 1 amide bonds. The van der Waals surface area contributed by atoms with Crippen LogP contribution in [0.5, 0.6) is 5.75 Å². The Balaban J connectivity index is 1.78. The van der Waals surface area contributed by atoms with Crippen LogP contribution in [0.25, 0.3) is 0 Å². The summed E-state index contributed by atoms with van der Waals surface area (Å²) in [6.45, 7) is 4.42. The number of carbonyl (C=O) groups excluding carboxylic acids is 1. The van der Waals surface area contributed by atoms with Gasteiger partial charge in [0.05, 0.1) is 5.69 Å². The molecule has 2 aromatic carbocycles.